The maximum absolute atomic E-state index is 11.3. The topological polar surface area (TPSA) is 75.4 Å². The Hall–Kier alpha value is -0.170. The summed E-state index contributed by atoms with van der Waals surface area (Å²) in [5.74, 6) is 0. The van der Waals surface area contributed by atoms with Crippen LogP contribution in [0.3, 0.4) is 0 Å². The molecule has 5 nitrogen and oxygen atoms in total. The lowest BCUT2D eigenvalue weighted by molar-refractivity contribution is 0.409. The number of rotatable bonds is 7. The van der Waals surface area contributed by atoms with Gasteiger partial charge >= 0.3 is 0 Å². The van der Waals surface area contributed by atoms with Crippen LogP contribution in [0.5, 0.6) is 0 Å². The van der Waals surface area contributed by atoms with Crippen molar-refractivity contribution in [3.63, 3.8) is 0 Å². The Bertz CT molecular complexity index is 319. The molecular weight excluding hydrogens is 238 g/mol. The van der Waals surface area contributed by atoms with Crippen molar-refractivity contribution >= 4 is 10.0 Å². The van der Waals surface area contributed by atoms with E-state index in [1.807, 2.05) is 6.92 Å². The summed E-state index contributed by atoms with van der Waals surface area (Å²) in [6, 6.07) is 0.869. The van der Waals surface area contributed by atoms with Gasteiger partial charge in [-0.1, -0.05) is 6.92 Å². The van der Waals surface area contributed by atoms with Crippen molar-refractivity contribution in [3.8, 4) is 0 Å². The molecule has 6 heteroatoms. The van der Waals surface area contributed by atoms with Gasteiger partial charge in [-0.05, 0) is 32.2 Å². The molecule has 0 aromatic heterocycles. The molecule has 2 atom stereocenters. The third-order valence-electron chi connectivity index (χ3n) is 3.31. The summed E-state index contributed by atoms with van der Waals surface area (Å²) in [5, 5.41) is 3.44. The van der Waals surface area contributed by atoms with E-state index in [1.54, 1.807) is 0 Å². The van der Waals surface area contributed by atoms with Crippen LogP contribution in [0.1, 0.15) is 32.6 Å². The maximum Gasteiger partial charge on any atom is 0.211 e. The Morgan fingerprint density at radius 2 is 2.12 bits per heavy atom. The van der Waals surface area contributed by atoms with Crippen LogP contribution in [0.2, 0.25) is 0 Å². The summed E-state index contributed by atoms with van der Waals surface area (Å²) in [6.07, 6.45) is 5.41. The third kappa shape index (κ3) is 5.33. The van der Waals surface area contributed by atoms with E-state index in [1.165, 1.54) is 10.6 Å². The lowest BCUT2D eigenvalue weighted by Crippen LogP contribution is -2.34. The Labute approximate surface area is 105 Å². The molecule has 0 aromatic rings. The van der Waals surface area contributed by atoms with Gasteiger partial charge in [-0.2, -0.15) is 0 Å². The molecule has 0 bridgehead atoms. The summed E-state index contributed by atoms with van der Waals surface area (Å²) < 4.78 is 24.2. The molecule has 0 heterocycles. The van der Waals surface area contributed by atoms with Crippen molar-refractivity contribution in [2.24, 2.45) is 5.73 Å². The highest BCUT2D eigenvalue weighted by atomic mass is 32.2. The fourth-order valence-corrected chi connectivity index (χ4v) is 3.25. The number of nitrogens with zero attached hydrogens (tertiary/aromatic N) is 1. The van der Waals surface area contributed by atoms with Crippen LogP contribution in [0.15, 0.2) is 0 Å². The van der Waals surface area contributed by atoms with Crippen LogP contribution < -0.4 is 11.1 Å². The van der Waals surface area contributed by atoms with E-state index in [4.69, 9.17) is 5.73 Å². The third-order valence-corrected chi connectivity index (χ3v) is 4.69. The molecule has 1 fully saturated rings. The number of sulfonamides is 1. The first-order valence-corrected chi connectivity index (χ1v) is 8.22. The Kier molecular flexibility index (Phi) is 5.85. The molecular formula is C11H25N3O2S. The molecule has 1 aliphatic carbocycles. The normalized spacial score (nSPS) is 25.6. The molecule has 0 spiro atoms. The van der Waals surface area contributed by atoms with Crippen molar-refractivity contribution < 1.29 is 8.42 Å². The second kappa shape index (κ2) is 6.68. The molecule has 1 saturated carbocycles. The van der Waals surface area contributed by atoms with Crippen molar-refractivity contribution in [1.29, 1.82) is 0 Å². The first kappa shape index (κ1) is 14.9. The van der Waals surface area contributed by atoms with Gasteiger partial charge in [-0.15, -0.1) is 0 Å². The largest absolute Gasteiger partial charge is 0.328 e. The summed E-state index contributed by atoms with van der Waals surface area (Å²) in [7, 11) is -3.04. The Balaban J connectivity index is 2.15. The fourth-order valence-electron chi connectivity index (χ4n) is 2.32. The second-order valence-corrected chi connectivity index (χ2v) is 6.81. The fraction of sp³-hybridized carbons (Fsp3) is 1.00. The van der Waals surface area contributed by atoms with Crippen molar-refractivity contribution in [1.82, 2.24) is 9.62 Å². The second-order valence-electron chi connectivity index (χ2n) is 4.83. The molecule has 1 aliphatic rings. The number of nitrogens with one attached hydrogen (secondary N) is 1. The average Bonchev–Trinajstić information content (AvgIpc) is 2.62. The van der Waals surface area contributed by atoms with Crippen molar-refractivity contribution in [3.05, 3.63) is 0 Å². The zero-order valence-electron chi connectivity index (χ0n) is 10.9. The van der Waals surface area contributed by atoms with E-state index in [2.05, 4.69) is 5.32 Å². The van der Waals surface area contributed by atoms with Gasteiger partial charge in [-0.3, -0.25) is 0 Å². The minimum absolute atomic E-state index is 0.343. The summed E-state index contributed by atoms with van der Waals surface area (Å²) in [6.45, 7) is 3.88. The molecule has 0 aliphatic heterocycles. The number of nitrogens with two attached hydrogens (primary N) is 1. The quantitative estimate of drug-likeness (QED) is 0.640. The van der Waals surface area contributed by atoms with Gasteiger partial charge < -0.3 is 11.1 Å². The summed E-state index contributed by atoms with van der Waals surface area (Å²) >= 11 is 0. The van der Waals surface area contributed by atoms with Crippen LogP contribution in [0.4, 0.5) is 0 Å². The van der Waals surface area contributed by atoms with Gasteiger partial charge in [0.15, 0.2) is 0 Å². The van der Waals surface area contributed by atoms with Gasteiger partial charge in [0.25, 0.3) is 0 Å². The lowest BCUT2D eigenvalue weighted by Gasteiger charge is -2.18. The smallest absolute Gasteiger partial charge is 0.211 e. The van der Waals surface area contributed by atoms with Gasteiger partial charge in [0, 0.05) is 25.2 Å². The first-order valence-electron chi connectivity index (χ1n) is 6.37. The molecule has 1 rings (SSSR count). The van der Waals surface area contributed by atoms with Crippen molar-refractivity contribution in [2.45, 2.75) is 44.7 Å². The highest BCUT2D eigenvalue weighted by Crippen LogP contribution is 2.16. The number of hydrogen-bond donors (Lipinski definition) is 2. The highest BCUT2D eigenvalue weighted by molar-refractivity contribution is 7.88. The van der Waals surface area contributed by atoms with Gasteiger partial charge in [0.05, 0.1) is 6.26 Å². The van der Waals surface area contributed by atoms with Gasteiger partial charge in [0.2, 0.25) is 10.0 Å². The lowest BCUT2D eigenvalue weighted by atomic mass is 10.2. The molecule has 0 amide bonds. The van der Waals surface area contributed by atoms with E-state index < -0.39 is 10.0 Å². The monoisotopic (exact) mass is 263 g/mol. The van der Waals surface area contributed by atoms with E-state index in [0.29, 0.717) is 25.2 Å². The standard InChI is InChI=1S/C11H25N3O2S/c1-3-14(17(2,15)16)8-4-7-13-11-6-5-10(12)9-11/h10-11,13H,3-9,12H2,1-2H3. The summed E-state index contributed by atoms with van der Waals surface area (Å²) in [5.41, 5.74) is 5.83. The molecule has 0 saturated heterocycles. The van der Waals surface area contributed by atoms with Gasteiger partial charge in [0.1, 0.15) is 0 Å². The van der Waals surface area contributed by atoms with E-state index in [0.717, 1.165) is 32.2 Å². The van der Waals surface area contributed by atoms with Crippen LogP contribution >= 0.6 is 0 Å². The SMILES string of the molecule is CCN(CCCNC1CCC(N)C1)S(C)(=O)=O. The van der Waals surface area contributed by atoms with Crippen LogP contribution in [-0.2, 0) is 10.0 Å². The minimum atomic E-state index is -3.04. The van der Waals surface area contributed by atoms with Gasteiger partial charge in [-0.25, -0.2) is 12.7 Å². The molecule has 17 heavy (non-hydrogen) atoms. The Morgan fingerprint density at radius 3 is 2.59 bits per heavy atom. The summed E-state index contributed by atoms with van der Waals surface area (Å²) in [4.78, 5) is 0. The van der Waals surface area contributed by atoms with E-state index >= 15 is 0 Å². The first-order chi connectivity index (χ1) is 7.93. The molecule has 0 radical (unpaired) electrons. The average molecular weight is 263 g/mol. The number of hydrogen-bond acceptors (Lipinski definition) is 4. The van der Waals surface area contributed by atoms with E-state index in [9.17, 15) is 8.42 Å². The van der Waals surface area contributed by atoms with Crippen molar-refractivity contribution in [2.75, 3.05) is 25.9 Å². The van der Waals surface area contributed by atoms with Crippen LogP contribution in [-0.4, -0.2) is 50.7 Å². The Morgan fingerprint density at radius 1 is 1.41 bits per heavy atom. The van der Waals surface area contributed by atoms with Crippen LogP contribution in [0, 0.1) is 0 Å². The predicted molar refractivity (Wildman–Crippen MR) is 70.3 cm³/mol. The zero-order chi connectivity index (χ0) is 12.9. The molecule has 0 aromatic carbocycles. The zero-order valence-corrected chi connectivity index (χ0v) is 11.7. The highest BCUT2D eigenvalue weighted by Gasteiger charge is 2.21. The van der Waals surface area contributed by atoms with Crippen LogP contribution in [0.25, 0.3) is 0 Å². The molecule has 2 unspecified atom stereocenters. The molecule has 102 valence electrons. The predicted octanol–water partition coefficient (Wildman–Crippen LogP) is 0.127. The minimum Gasteiger partial charge on any atom is -0.328 e. The molecule has 3 N–H and O–H groups in total. The van der Waals surface area contributed by atoms with E-state index in [-0.39, 0.29) is 0 Å². The maximum atomic E-state index is 11.3.